The lowest BCUT2D eigenvalue weighted by molar-refractivity contribution is 0.129. The van der Waals surface area contributed by atoms with Crippen LogP contribution in [0.2, 0.25) is 0 Å². The molecule has 0 N–H and O–H groups in total. The molecule has 26 heavy (non-hydrogen) atoms. The van der Waals surface area contributed by atoms with Gasteiger partial charge in [0, 0.05) is 4.75 Å². The monoisotopic (exact) mass is 446 g/mol. The van der Waals surface area contributed by atoms with Crippen molar-refractivity contribution in [2.75, 3.05) is 0 Å². The summed E-state index contributed by atoms with van der Waals surface area (Å²) < 4.78 is 70.9. The summed E-state index contributed by atoms with van der Waals surface area (Å²) in [6.45, 7) is 7.88. The van der Waals surface area contributed by atoms with Crippen molar-refractivity contribution in [3.8, 4) is 0 Å². The van der Waals surface area contributed by atoms with E-state index in [1.54, 1.807) is 0 Å². The lowest BCUT2D eigenvalue weighted by atomic mass is 9.77. The van der Waals surface area contributed by atoms with E-state index in [9.17, 15) is 22.0 Å². The van der Waals surface area contributed by atoms with Gasteiger partial charge in [-0.15, -0.1) is 0 Å². The van der Waals surface area contributed by atoms with Crippen molar-refractivity contribution in [3.63, 3.8) is 0 Å². The van der Waals surface area contributed by atoms with Crippen molar-refractivity contribution < 1.29 is 26.5 Å². The molecular formula is C16H16F5OPS3. The minimum Gasteiger partial charge on any atom is -0.329 e. The summed E-state index contributed by atoms with van der Waals surface area (Å²) in [5, 5.41) is 0. The smallest absolute Gasteiger partial charge is 0.200 e. The Morgan fingerprint density at radius 2 is 1.73 bits per heavy atom. The number of hydrogen-bond donors (Lipinski definition) is 0. The highest BCUT2D eigenvalue weighted by Crippen LogP contribution is 2.82. The minimum atomic E-state index is -2.93. The van der Waals surface area contributed by atoms with Crippen molar-refractivity contribution in [1.29, 1.82) is 0 Å². The highest BCUT2D eigenvalue weighted by atomic mass is 33.2. The molecule has 1 aromatic carbocycles. The van der Waals surface area contributed by atoms with Gasteiger partial charge in [-0.2, -0.15) is 0 Å². The van der Waals surface area contributed by atoms with Crippen LogP contribution in [0.1, 0.15) is 33.1 Å². The van der Waals surface area contributed by atoms with Crippen LogP contribution in [0.15, 0.2) is 17.0 Å². The number of hydrogen-bond acceptors (Lipinski definition) is 4. The van der Waals surface area contributed by atoms with Gasteiger partial charge >= 0.3 is 0 Å². The summed E-state index contributed by atoms with van der Waals surface area (Å²) in [4.78, 5) is -0.962. The molecule has 1 saturated carbocycles. The number of rotatable bonds is 3. The Bertz CT molecular complexity index is 804. The van der Waals surface area contributed by atoms with Gasteiger partial charge in [-0.25, -0.2) is 22.0 Å². The maximum atomic E-state index is 14.0. The van der Waals surface area contributed by atoms with E-state index >= 15 is 0 Å². The Morgan fingerprint density at radius 1 is 1.19 bits per heavy atom. The zero-order chi connectivity index (χ0) is 19.4. The van der Waals surface area contributed by atoms with Crippen LogP contribution in [0.4, 0.5) is 22.0 Å². The average molecular weight is 446 g/mol. The van der Waals surface area contributed by atoms with Gasteiger partial charge in [0.05, 0.1) is 11.0 Å². The van der Waals surface area contributed by atoms with Gasteiger partial charge in [-0.3, -0.25) is 0 Å². The molecule has 2 fully saturated rings. The van der Waals surface area contributed by atoms with E-state index in [0.29, 0.717) is 17.8 Å². The summed E-state index contributed by atoms with van der Waals surface area (Å²) in [5.41, 5.74) is 1.04. The van der Waals surface area contributed by atoms with Crippen LogP contribution in [0.25, 0.3) is 0 Å². The molecule has 0 amide bonds. The maximum Gasteiger partial charge on any atom is 0.200 e. The quantitative estimate of drug-likeness (QED) is 0.163. The molecule has 0 radical (unpaired) electrons. The maximum absolute atomic E-state index is 14.0. The Balaban J connectivity index is 1.91. The molecule has 1 heterocycles. The molecule has 3 rings (SSSR count). The summed E-state index contributed by atoms with van der Waals surface area (Å²) in [7, 11) is 0. The lowest BCUT2D eigenvalue weighted by Gasteiger charge is -2.37. The zero-order valence-electron chi connectivity index (χ0n) is 14.0. The molecule has 1 aromatic rings. The van der Waals surface area contributed by atoms with Crippen molar-refractivity contribution in [2.45, 2.75) is 48.9 Å². The standard InChI is InChI=1S/C16H16F5OPS3/c1-7(2)8-4-5-16(3)9(6-8)22-23(24,26-16)25-15-13(20)11(18)10(17)12(19)14(15)21/h8-9H,1,4-6H2,2-3H3/t8-,9+,16+,23?/m1/s1. The van der Waals surface area contributed by atoms with E-state index in [4.69, 9.17) is 16.3 Å². The van der Waals surface area contributed by atoms with Gasteiger partial charge < -0.3 is 4.52 Å². The first-order valence-electron chi connectivity index (χ1n) is 7.83. The van der Waals surface area contributed by atoms with Crippen molar-refractivity contribution in [3.05, 3.63) is 41.2 Å². The molecule has 0 aromatic heterocycles. The molecular weight excluding hydrogens is 430 g/mol. The Labute approximate surface area is 161 Å². The zero-order valence-corrected chi connectivity index (χ0v) is 17.3. The second-order valence-electron chi connectivity index (χ2n) is 6.75. The summed E-state index contributed by atoms with van der Waals surface area (Å²) in [6.07, 6.45) is 2.15. The van der Waals surface area contributed by atoms with E-state index in [1.165, 1.54) is 11.4 Å². The van der Waals surface area contributed by atoms with E-state index in [1.807, 2.05) is 13.8 Å². The molecule has 0 bridgehead atoms. The molecule has 1 nitrogen and oxygen atoms in total. The van der Waals surface area contributed by atoms with Gasteiger partial charge in [0.15, 0.2) is 27.9 Å². The molecule has 1 unspecified atom stereocenters. The van der Waals surface area contributed by atoms with E-state index in [0.717, 1.165) is 18.4 Å². The summed E-state index contributed by atoms with van der Waals surface area (Å²) in [6, 6.07) is 0. The molecule has 4 atom stereocenters. The fourth-order valence-electron chi connectivity index (χ4n) is 3.20. The number of fused-ring (bicyclic) bond motifs is 1. The third kappa shape index (κ3) is 3.50. The van der Waals surface area contributed by atoms with E-state index in [2.05, 4.69) is 6.58 Å². The van der Waals surface area contributed by atoms with Gasteiger partial charge in [0.1, 0.15) is 0 Å². The first kappa shape index (κ1) is 20.6. The predicted octanol–water partition coefficient (Wildman–Crippen LogP) is 6.97. The van der Waals surface area contributed by atoms with Crippen molar-refractivity contribution >= 4 is 39.2 Å². The molecule has 144 valence electrons. The average Bonchev–Trinajstić information content (AvgIpc) is 2.84. The number of benzene rings is 1. The Morgan fingerprint density at radius 3 is 2.27 bits per heavy atom. The van der Waals surface area contributed by atoms with Gasteiger partial charge in [-0.1, -0.05) is 23.5 Å². The molecule has 2 aliphatic rings. The highest BCUT2D eigenvalue weighted by Gasteiger charge is 2.53. The lowest BCUT2D eigenvalue weighted by Crippen LogP contribution is -2.39. The molecule has 1 aliphatic carbocycles. The second-order valence-corrected chi connectivity index (χ2v) is 17.4. The SMILES string of the molecule is C=C(C)[C@@H]1CC[C@]2(C)SP(=S)(Sc3c(F)c(F)c(F)c(F)c3F)O[C@H]2C1. The second kappa shape index (κ2) is 7.07. The molecule has 1 aliphatic heterocycles. The van der Waals surface area contributed by atoms with Crippen LogP contribution in [0.5, 0.6) is 0 Å². The van der Waals surface area contributed by atoms with Gasteiger partial charge in [-0.05, 0) is 62.2 Å². The topological polar surface area (TPSA) is 9.23 Å². The minimum absolute atomic E-state index is 0.234. The first-order chi connectivity index (χ1) is 12.0. The van der Waals surface area contributed by atoms with Crippen LogP contribution >= 0.6 is 27.4 Å². The molecule has 1 saturated heterocycles. The molecule has 10 heteroatoms. The van der Waals surface area contributed by atoms with E-state index < -0.39 is 38.7 Å². The largest absolute Gasteiger partial charge is 0.329 e. The molecule has 0 spiro atoms. The number of halogens is 5. The fourth-order valence-corrected chi connectivity index (χ4v) is 14.9. The van der Waals surface area contributed by atoms with Crippen LogP contribution in [0, 0.1) is 35.0 Å². The van der Waals surface area contributed by atoms with Crippen LogP contribution < -0.4 is 0 Å². The summed E-state index contributed by atoms with van der Waals surface area (Å²) in [5.74, 6) is -9.56. The predicted molar refractivity (Wildman–Crippen MR) is 99.4 cm³/mol. The normalized spacial score (nSPS) is 34.0. The van der Waals surface area contributed by atoms with Crippen molar-refractivity contribution in [2.24, 2.45) is 5.92 Å². The van der Waals surface area contributed by atoms with Gasteiger partial charge in [0.25, 0.3) is 0 Å². The first-order valence-corrected chi connectivity index (χ1v) is 13.4. The number of allylic oxidation sites excluding steroid dienone is 1. The van der Waals surface area contributed by atoms with Crippen LogP contribution in [0.3, 0.4) is 0 Å². The summed E-state index contributed by atoms with van der Waals surface area (Å²) >= 11 is 7.27. The Kier molecular flexibility index (Phi) is 5.61. The Hall–Kier alpha value is -0.0800. The third-order valence-electron chi connectivity index (χ3n) is 4.82. The van der Waals surface area contributed by atoms with Crippen LogP contribution in [-0.4, -0.2) is 10.9 Å². The van der Waals surface area contributed by atoms with E-state index in [-0.39, 0.29) is 16.8 Å². The van der Waals surface area contributed by atoms with Gasteiger partial charge in [0.2, 0.25) is 5.82 Å². The van der Waals surface area contributed by atoms with Crippen molar-refractivity contribution in [1.82, 2.24) is 0 Å². The third-order valence-corrected chi connectivity index (χ3v) is 13.8. The fraction of sp³-hybridized carbons (Fsp3) is 0.500. The van der Waals surface area contributed by atoms with Crippen LogP contribution in [-0.2, 0) is 16.3 Å². The highest BCUT2D eigenvalue weighted by molar-refractivity contribution is 8.99.